The first-order valence-corrected chi connectivity index (χ1v) is 10.4. The van der Waals surface area contributed by atoms with Crippen LogP contribution in [0.2, 0.25) is 0 Å². The third kappa shape index (κ3) is 2.46. The molecule has 25 heavy (non-hydrogen) atoms. The van der Waals surface area contributed by atoms with Crippen LogP contribution < -0.4 is 0 Å². The molecule has 0 aromatic carbocycles. The van der Waals surface area contributed by atoms with Crippen molar-refractivity contribution in [2.45, 2.75) is 77.2 Å². The Morgan fingerprint density at radius 1 is 1.20 bits per heavy atom. The van der Waals surface area contributed by atoms with E-state index in [-0.39, 0.29) is 11.0 Å². The summed E-state index contributed by atoms with van der Waals surface area (Å²) in [4.78, 5) is 11.8. The first-order valence-electron chi connectivity index (χ1n) is 10.4. The summed E-state index contributed by atoms with van der Waals surface area (Å²) in [5.74, 6) is 6.38. The molecular weight excluding hydrogens is 308 g/mol. The van der Waals surface area contributed by atoms with E-state index in [2.05, 4.69) is 19.8 Å². The lowest BCUT2D eigenvalue weighted by Gasteiger charge is -2.55. The summed E-state index contributed by atoms with van der Waals surface area (Å²) in [5.41, 5.74) is 1.24. The highest BCUT2D eigenvalue weighted by Gasteiger charge is 2.63. The average Bonchev–Trinajstić information content (AvgIpc) is 2.92. The highest BCUT2D eigenvalue weighted by molar-refractivity contribution is 5.91. The zero-order chi connectivity index (χ0) is 17.7. The van der Waals surface area contributed by atoms with E-state index in [1.807, 2.05) is 6.08 Å². The molecule has 0 radical (unpaired) electrons. The van der Waals surface area contributed by atoms with E-state index in [0.29, 0.717) is 17.6 Å². The summed E-state index contributed by atoms with van der Waals surface area (Å²) >= 11 is 0. The molecule has 0 saturated heterocycles. The van der Waals surface area contributed by atoms with Gasteiger partial charge in [-0.25, -0.2) is 0 Å². The monoisotopic (exact) mass is 340 g/mol. The van der Waals surface area contributed by atoms with Gasteiger partial charge in [0.15, 0.2) is 5.78 Å². The SMILES string of the molecule is C#C[C@]1(OCCC)CCC2C3CCC4=CC(=O)CCC4C3CC[C@@]21C. The Morgan fingerprint density at radius 2 is 2.04 bits per heavy atom. The minimum Gasteiger partial charge on any atom is -0.362 e. The fourth-order valence-electron chi connectivity index (χ4n) is 6.97. The number of rotatable bonds is 3. The fourth-order valence-corrected chi connectivity index (χ4v) is 6.97. The number of fused-ring (bicyclic) bond motifs is 5. The van der Waals surface area contributed by atoms with Gasteiger partial charge in [-0.05, 0) is 81.1 Å². The van der Waals surface area contributed by atoms with Crippen molar-refractivity contribution < 1.29 is 9.53 Å². The molecule has 0 heterocycles. The quantitative estimate of drug-likeness (QED) is 0.681. The maximum atomic E-state index is 11.8. The van der Waals surface area contributed by atoms with Gasteiger partial charge < -0.3 is 4.74 Å². The summed E-state index contributed by atoms with van der Waals surface area (Å²) in [5, 5.41) is 0. The molecule has 0 aliphatic heterocycles. The minimum atomic E-state index is -0.350. The number of carbonyl (C=O) groups is 1. The molecule has 2 heteroatoms. The zero-order valence-electron chi connectivity index (χ0n) is 15.9. The van der Waals surface area contributed by atoms with E-state index >= 15 is 0 Å². The number of hydrogen-bond donors (Lipinski definition) is 0. The fraction of sp³-hybridized carbons (Fsp3) is 0.783. The van der Waals surface area contributed by atoms with Gasteiger partial charge in [0, 0.05) is 18.4 Å². The van der Waals surface area contributed by atoms with E-state index in [1.54, 1.807) is 0 Å². The summed E-state index contributed by atoms with van der Waals surface area (Å²) in [6.45, 7) is 5.36. The van der Waals surface area contributed by atoms with Crippen LogP contribution in [0.4, 0.5) is 0 Å². The normalized spacial score (nSPS) is 45.8. The van der Waals surface area contributed by atoms with Crippen molar-refractivity contribution in [3.63, 3.8) is 0 Å². The number of hydrogen-bond acceptors (Lipinski definition) is 2. The Bertz CT molecular complexity index is 626. The van der Waals surface area contributed by atoms with E-state index in [0.717, 1.165) is 50.5 Å². The van der Waals surface area contributed by atoms with E-state index in [9.17, 15) is 4.79 Å². The summed E-state index contributed by atoms with van der Waals surface area (Å²) < 4.78 is 6.37. The van der Waals surface area contributed by atoms with Crippen LogP contribution >= 0.6 is 0 Å². The van der Waals surface area contributed by atoms with E-state index in [1.165, 1.54) is 31.3 Å². The van der Waals surface area contributed by atoms with E-state index < -0.39 is 0 Å². The average molecular weight is 341 g/mol. The lowest BCUT2D eigenvalue weighted by molar-refractivity contribution is -0.123. The molecule has 2 nitrogen and oxygen atoms in total. The van der Waals surface area contributed by atoms with Crippen molar-refractivity contribution >= 4 is 5.78 Å². The van der Waals surface area contributed by atoms with Crippen molar-refractivity contribution in [3.05, 3.63) is 11.6 Å². The van der Waals surface area contributed by atoms with Crippen molar-refractivity contribution in [3.8, 4) is 12.3 Å². The number of allylic oxidation sites excluding steroid dienone is 1. The molecule has 4 aliphatic rings. The van der Waals surface area contributed by atoms with Gasteiger partial charge in [0.05, 0.1) is 0 Å². The summed E-state index contributed by atoms with van der Waals surface area (Å²) in [6, 6.07) is 0. The van der Waals surface area contributed by atoms with E-state index in [4.69, 9.17) is 11.2 Å². The third-order valence-electron chi connectivity index (χ3n) is 8.21. The first kappa shape index (κ1) is 17.3. The van der Waals surface area contributed by atoms with Gasteiger partial charge >= 0.3 is 0 Å². The highest BCUT2D eigenvalue weighted by atomic mass is 16.5. The van der Waals surface area contributed by atoms with Crippen molar-refractivity contribution in [2.75, 3.05) is 6.61 Å². The van der Waals surface area contributed by atoms with Crippen LogP contribution in [-0.2, 0) is 9.53 Å². The molecule has 0 aromatic heterocycles. The molecule has 4 aliphatic carbocycles. The van der Waals surface area contributed by atoms with Gasteiger partial charge in [0.2, 0.25) is 0 Å². The molecule has 4 unspecified atom stereocenters. The number of carbonyl (C=O) groups excluding carboxylic acids is 1. The van der Waals surface area contributed by atoms with Gasteiger partial charge in [-0.2, -0.15) is 0 Å². The van der Waals surface area contributed by atoms with Crippen LogP contribution in [-0.4, -0.2) is 18.0 Å². The molecule has 0 amide bonds. The maximum Gasteiger partial charge on any atom is 0.155 e. The zero-order valence-corrected chi connectivity index (χ0v) is 15.9. The van der Waals surface area contributed by atoms with Crippen molar-refractivity contribution in [2.24, 2.45) is 29.1 Å². The van der Waals surface area contributed by atoms with Crippen LogP contribution in [0.5, 0.6) is 0 Å². The second-order valence-corrected chi connectivity index (χ2v) is 9.12. The van der Waals surface area contributed by atoms with Gasteiger partial charge in [0.25, 0.3) is 0 Å². The Morgan fingerprint density at radius 3 is 2.80 bits per heavy atom. The molecule has 0 N–H and O–H groups in total. The molecule has 3 fully saturated rings. The largest absolute Gasteiger partial charge is 0.362 e. The first-order chi connectivity index (χ1) is 12.0. The van der Waals surface area contributed by atoms with Crippen molar-refractivity contribution in [1.29, 1.82) is 0 Å². The highest BCUT2D eigenvalue weighted by Crippen LogP contribution is 2.65. The second-order valence-electron chi connectivity index (χ2n) is 9.12. The van der Waals surface area contributed by atoms with Crippen LogP contribution in [0.15, 0.2) is 11.6 Å². The Kier molecular flexibility index (Phi) is 4.35. The summed E-state index contributed by atoms with van der Waals surface area (Å²) in [6.07, 6.45) is 18.0. The second kappa shape index (κ2) is 6.27. The number of ketones is 1. The van der Waals surface area contributed by atoms with Gasteiger partial charge in [-0.15, -0.1) is 6.42 Å². The molecule has 0 bridgehead atoms. The maximum absolute atomic E-state index is 11.8. The third-order valence-corrected chi connectivity index (χ3v) is 8.21. The molecule has 0 aromatic rings. The Hall–Kier alpha value is -1.07. The van der Waals surface area contributed by atoms with Crippen LogP contribution in [0, 0.1) is 41.4 Å². The minimum absolute atomic E-state index is 0.129. The predicted octanol–water partition coefficient (Wildman–Crippen LogP) is 4.93. The molecule has 3 saturated carbocycles. The topological polar surface area (TPSA) is 26.3 Å². The molecule has 6 atom stereocenters. The lowest BCUT2D eigenvalue weighted by Crippen LogP contribution is -2.53. The lowest BCUT2D eigenvalue weighted by atomic mass is 9.50. The standard InChI is InChI=1S/C23H32O2/c1-4-14-25-23(5-2)13-11-21-20-8-6-16-15-17(24)7-9-18(16)19(20)10-12-22(21,23)3/h2,15,18-21H,4,6-14H2,1,3H3/t18?,19?,20?,21?,22-,23-/m0/s1. The number of ether oxygens (including phenoxy) is 1. The molecular formula is C23H32O2. The number of terminal acetylenes is 1. The Balaban J connectivity index is 1.61. The van der Waals surface area contributed by atoms with Crippen LogP contribution in [0.25, 0.3) is 0 Å². The molecule has 136 valence electrons. The molecule has 4 rings (SSSR count). The van der Waals surface area contributed by atoms with Crippen LogP contribution in [0.1, 0.15) is 71.6 Å². The van der Waals surface area contributed by atoms with Gasteiger partial charge in [-0.3, -0.25) is 4.79 Å². The smallest absolute Gasteiger partial charge is 0.155 e. The van der Waals surface area contributed by atoms with Crippen LogP contribution in [0.3, 0.4) is 0 Å². The predicted molar refractivity (Wildman–Crippen MR) is 99.9 cm³/mol. The van der Waals surface area contributed by atoms with Gasteiger partial charge in [0.1, 0.15) is 5.60 Å². The van der Waals surface area contributed by atoms with Crippen molar-refractivity contribution in [1.82, 2.24) is 0 Å². The summed E-state index contributed by atoms with van der Waals surface area (Å²) in [7, 11) is 0. The molecule has 0 spiro atoms. The Labute approximate surface area is 152 Å². The van der Waals surface area contributed by atoms with Gasteiger partial charge in [-0.1, -0.05) is 25.3 Å².